The van der Waals surface area contributed by atoms with Crippen molar-refractivity contribution in [2.24, 2.45) is 23.7 Å². The Bertz CT molecular complexity index is 4110. The van der Waals surface area contributed by atoms with Gasteiger partial charge in [0, 0.05) is 96.4 Å². The summed E-state index contributed by atoms with van der Waals surface area (Å²) in [6.45, 7) is 32.9. The molecule has 5 aliphatic rings. The van der Waals surface area contributed by atoms with Crippen molar-refractivity contribution in [3.8, 4) is 51.8 Å². The van der Waals surface area contributed by atoms with Gasteiger partial charge < -0.3 is 54.2 Å². The molecule has 8 aromatic rings. The summed E-state index contributed by atoms with van der Waals surface area (Å²) in [5.41, 5.74) is 18.0. The molecule has 4 heterocycles. The van der Waals surface area contributed by atoms with Crippen LogP contribution < -0.4 is 9.47 Å². The van der Waals surface area contributed by atoms with Crippen LogP contribution in [0.1, 0.15) is 192 Å². The zero-order chi connectivity index (χ0) is 81.0. The number of benzene rings is 4. The molecule has 2 radical (unpaired) electrons. The molecule has 9 nitrogen and oxygen atoms in total. The molecule has 0 saturated carbocycles. The third-order valence-electron chi connectivity index (χ3n) is 18.3. The van der Waals surface area contributed by atoms with Crippen molar-refractivity contribution in [1.29, 1.82) is 5.26 Å². The molecule has 12 bridgehead atoms. The zero-order valence-corrected chi connectivity index (χ0v) is 71.7. The number of phenolic OH excluding ortho intramolecular Hbond substituents is 2. The van der Waals surface area contributed by atoms with Crippen LogP contribution in [-0.2, 0) is 99.5 Å². The third-order valence-corrected chi connectivity index (χ3v) is 18.3. The van der Waals surface area contributed by atoms with Gasteiger partial charge >= 0.3 is 14.5 Å². The largest absolute Gasteiger partial charge is 0.673 e. The first-order valence-corrected chi connectivity index (χ1v) is 38.1. The molecule has 0 amide bonds. The maximum absolute atomic E-state index is 12.9. The molecule has 5 aliphatic carbocycles. The van der Waals surface area contributed by atoms with Gasteiger partial charge in [0.15, 0.2) is 0 Å². The number of nitriles is 1. The summed E-state index contributed by atoms with van der Waals surface area (Å²) in [6.07, 6.45) is 30.0. The van der Waals surface area contributed by atoms with Gasteiger partial charge in [0.05, 0.1) is 39.5 Å². The van der Waals surface area contributed by atoms with Crippen LogP contribution in [-0.4, -0.2) is 55.3 Å². The second kappa shape index (κ2) is 43.0. The van der Waals surface area contributed by atoms with Crippen molar-refractivity contribution in [3.05, 3.63) is 259 Å². The molecule has 0 aliphatic heterocycles. The van der Waals surface area contributed by atoms with Crippen LogP contribution in [0.4, 0.5) is 34.5 Å². The molecule has 25 heteroatoms. The van der Waals surface area contributed by atoms with E-state index in [1.807, 2.05) is 73.3 Å². The fourth-order valence-electron chi connectivity index (χ4n) is 12.7. The Morgan fingerprint density at radius 3 is 0.784 bits per heavy atom. The minimum Gasteiger partial charge on any atom is -0.507 e. The number of hydrogen-bond acceptors (Lipinski definition) is 9. The molecule has 4 aromatic carbocycles. The topological polar surface area (TPSA) is 134 Å². The van der Waals surface area contributed by atoms with Gasteiger partial charge in [-0.25, -0.2) is 0 Å². The molecule has 111 heavy (non-hydrogen) atoms. The maximum Gasteiger partial charge on any atom is 0.673 e. The molecule has 2 N–H and O–H groups in total. The van der Waals surface area contributed by atoms with E-state index in [9.17, 15) is 44.7 Å². The van der Waals surface area contributed by atoms with Crippen molar-refractivity contribution in [3.63, 3.8) is 0 Å². The first kappa shape index (κ1) is 96.5. The van der Waals surface area contributed by atoms with Gasteiger partial charge in [0.1, 0.15) is 36.2 Å². The third kappa shape index (κ3) is 31.4. The van der Waals surface area contributed by atoms with Crippen molar-refractivity contribution >= 4 is 60.9 Å². The van der Waals surface area contributed by atoms with Gasteiger partial charge in [-0.05, 0) is 210 Å². The minimum atomic E-state index is -6.00. The Balaban J connectivity index is 0.000000612. The molecule has 4 aromatic heterocycles. The fourth-order valence-corrected chi connectivity index (χ4v) is 12.7. The number of rotatable bonds is 8. The van der Waals surface area contributed by atoms with E-state index >= 15 is 0 Å². The average molecular weight is 1790 g/mol. The van der Waals surface area contributed by atoms with E-state index < -0.39 is 14.5 Å². The molecule has 0 saturated heterocycles. The van der Waals surface area contributed by atoms with Crippen molar-refractivity contribution in [2.45, 2.75) is 177 Å². The Hall–Kier alpha value is -6.89. The number of allylic oxidation sites excluding steroid dienone is 8. The van der Waals surface area contributed by atoms with Crippen molar-refractivity contribution < 1.29 is 93.2 Å². The SMILES string of the molecule is C1=CC2C=CC1C2.C1=CC2C=CC1C2.CC#N.Cc1ccnc(-c2cc(COc3c4cc(C(C)(C)C)cc3Cc3cc(C(C)(C)C)cc(c3O)Cc3cc(C(C)(C)C)cc(c3OCc3ccnc(-c5cc(C)ccn5)c3)Cc3cc(C(C)(C)C)cc(c3O)C4)ccn2)c1.ClCCl.ClCCl.F[B-](F)(F)F.F[B-](F)(F)F.[Rh].[Rh]. The molecular weight excluding hydrogens is 1690 g/mol. The summed E-state index contributed by atoms with van der Waals surface area (Å²) in [5.74, 6) is 5.24. The second-order valence-corrected chi connectivity index (χ2v) is 33.1. The number of pyridine rings is 4. The zero-order valence-electron chi connectivity index (χ0n) is 65.4. The van der Waals surface area contributed by atoms with Gasteiger partial charge in [-0.1, -0.05) is 180 Å². The van der Waals surface area contributed by atoms with Crippen molar-refractivity contribution in [1.82, 2.24) is 19.9 Å². The first-order valence-electron chi connectivity index (χ1n) is 36.0. The van der Waals surface area contributed by atoms with Crippen LogP contribution in [0.3, 0.4) is 0 Å². The summed E-state index contributed by atoms with van der Waals surface area (Å²) in [7, 11) is -12.0. The number of halogens is 12. The molecule has 13 rings (SSSR count). The minimum absolute atomic E-state index is 0. The van der Waals surface area contributed by atoms with Gasteiger partial charge in [-0.3, -0.25) is 19.9 Å². The van der Waals surface area contributed by atoms with E-state index in [1.54, 1.807) is 6.07 Å². The van der Waals surface area contributed by atoms with E-state index in [0.29, 0.717) is 25.7 Å². The van der Waals surface area contributed by atoms with Crippen molar-refractivity contribution in [2.75, 3.05) is 10.7 Å². The van der Waals surface area contributed by atoms with Crippen LogP contribution >= 0.6 is 46.4 Å². The Morgan fingerprint density at radius 2 is 0.595 bits per heavy atom. The molecule has 0 fully saturated rings. The number of hydrogen-bond donors (Lipinski definition) is 2. The average Bonchev–Trinajstić information content (AvgIpc) is 1.54. The van der Waals surface area contributed by atoms with Crippen LogP contribution in [0.2, 0.25) is 0 Å². The summed E-state index contributed by atoms with van der Waals surface area (Å²) >= 11 is 19.1. The number of fused-ring (bicyclic) bond motifs is 12. The monoisotopic (exact) mass is 1790 g/mol. The van der Waals surface area contributed by atoms with Gasteiger partial charge in [0.25, 0.3) is 0 Å². The Morgan fingerprint density at radius 1 is 0.396 bits per heavy atom. The molecule has 602 valence electrons. The number of aromatic nitrogens is 4. The van der Waals surface area contributed by atoms with Crippen LogP contribution in [0, 0.1) is 48.9 Å². The normalized spacial score (nSPS) is 15.9. The molecule has 0 spiro atoms. The van der Waals surface area contributed by atoms with E-state index in [2.05, 4.69) is 204 Å². The number of aromatic hydroxyl groups is 2. The van der Waals surface area contributed by atoms with Crippen LogP contribution in [0.5, 0.6) is 23.0 Å². The fraction of sp³-hybridized carbons (Fsp3) is 0.384. The summed E-state index contributed by atoms with van der Waals surface area (Å²) in [4.78, 5) is 18.7. The summed E-state index contributed by atoms with van der Waals surface area (Å²) < 4.78 is 92.3. The maximum atomic E-state index is 12.9. The van der Waals surface area contributed by atoms with Crippen LogP contribution in [0.15, 0.2) is 170 Å². The molecule has 0 unspecified atom stereocenters. The van der Waals surface area contributed by atoms with Gasteiger partial charge in [-0.15, -0.1) is 46.4 Å². The smallest absolute Gasteiger partial charge is 0.507 e. The first-order chi connectivity index (χ1) is 50.9. The predicted octanol–water partition coefficient (Wildman–Crippen LogP) is 25.1. The number of alkyl halides is 4. The van der Waals surface area contributed by atoms with E-state index in [0.717, 1.165) is 147 Å². The second-order valence-electron chi connectivity index (χ2n) is 31.4. The van der Waals surface area contributed by atoms with Crippen LogP contribution in [0.25, 0.3) is 22.8 Å². The number of ether oxygens (including phenoxy) is 2. The Kier molecular flexibility index (Phi) is 37.4. The van der Waals surface area contributed by atoms with E-state index in [1.165, 1.54) is 19.8 Å². The molecular formula is C86H99B2Cl4F8N5O4Rh2-2. The van der Waals surface area contributed by atoms with E-state index in [4.69, 9.17) is 71.1 Å². The molecule has 0 atom stereocenters. The quantitative estimate of drug-likeness (QED) is 0.0660. The number of nitrogens with zero attached hydrogens (tertiary/aromatic N) is 5. The van der Waals surface area contributed by atoms with Gasteiger partial charge in [0.2, 0.25) is 0 Å². The Labute approximate surface area is 697 Å². The predicted molar refractivity (Wildman–Crippen MR) is 433 cm³/mol. The van der Waals surface area contributed by atoms with Gasteiger partial charge in [-0.2, -0.15) is 5.26 Å². The van der Waals surface area contributed by atoms with E-state index in [-0.39, 0.29) is 96.0 Å². The summed E-state index contributed by atoms with van der Waals surface area (Å²) in [6, 6.07) is 35.7. The summed E-state index contributed by atoms with van der Waals surface area (Å²) in [5, 5.41) is 33.5. The number of aryl methyl sites for hydroxylation is 2. The standard InChI is InChI=1S/C68H76N4O4.2C7H8.C2H3N.2CH2Cl2.2BF4.2Rh/c1-41-15-19-69-57(23-41)59-25-43(17-21-71-59)39-75-63-49-27-45-31-53(65(3,4)5)33-47(61(45)73)29-51-37-56(68(12,13)14)38-52(64(51)76-40-44-18-22-72-60(26-44)58-24-42(2)16-20-70-58)30-48-34-54(66(6,7)8)32-46(62(48)74)28-50(63)36-55(35-49)67(9,10)11;2*1-2-7-4-3-6(1)5-7;1-2-3;2*2-1-3;2*2-1(3,4)5;;/h15-26,31-38,73-74H,27-30,39-40H2,1-14H3;2*1-4,6-7H,5H2;1H3;2*1H2;;;;/q;;;;;;2*-1;;. The number of phenols is 2.